The highest BCUT2D eigenvalue weighted by molar-refractivity contribution is 7.10. The van der Waals surface area contributed by atoms with E-state index in [9.17, 15) is 9.59 Å². The van der Waals surface area contributed by atoms with Crippen molar-refractivity contribution in [1.29, 1.82) is 0 Å². The van der Waals surface area contributed by atoms with Crippen molar-refractivity contribution in [3.05, 3.63) is 21.9 Å². The van der Waals surface area contributed by atoms with Crippen LogP contribution >= 0.6 is 11.3 Å². The van der Waals surface area contributed by atoms with E-state index in [1.807, 2.05) is 11.3 Å². The average molecular weight is 321 g/mol. The summed E-state index contributed by atoms with van der Waals surface area (Å²) in [7, 11) is 0. The third-order valence-electron chi connectivity index (χ3n) is 4.67. The van der Waals surface area contributed by atoms with Crippen molar-refractivity contribution in [1.82, 2.24) is 15.5 Å². The molecule has 0 saturated carbocycles. The molecular formula is C16H23N3O2S. The Morgan fingerprint density at radius 3 is 3.18 bits per heavy atom. The molecule has 6 heteroatoms. The maximum atomic E-state index is 12.2. The molecule has 3 rings (SSSR count). The third-order valence-corrected chi connectivity index (χ3v) is 5.69. The molecule has 1 aromatic heterocycles. The Balaban J connectivity index is 1.45. The molecule has 0 unspecified atom stereocenters. The largest absolute Gasteiger partial charge is 0.355 e. The molecule has 2 amide bonds. The molecule has 2 atom stereocenters. The van der Waals surface area contributed by atoms with E-state index in [1.165, 1.54) is 10.4 Å². The van der Waals surface area contributed by atoms with E-state index in [4.69, 9.17) is 0 Å². The van der Waals surface area contributed by atoms with Gasteiger partial charge in [-0.1, -0.05) is 0 Å². The van der Waals surface area contributed by atoms with Gasteiger partial charge in [-0.2, -0.15) is 0 Å². The second-order valence-corrected chi connectivity index (χ2v) is 7.22. The van der Waals surface area contributed by atoms with Crippen LogP contribution in [0.1, 0.15) is 30.2 Å². The Kier molecular flexibility index (Phi) is 4.78. The smallest absolute Gasteiger partial charge is 0.224 e. The highest BCUT2D eigenvalue weighted by atomic mass is 32.1. The Labute approximate surface area is 135 Å². The number of hydrogen-bond donors (Lipinski definition) is 2. The van der Waals surface area contributed by atoms with Crippen LogP contribution in [-0.4, -0.2) is 42.4 Å². The molecule has 3 heterocycles. The van der Waals surface area contributed by atoms with Crippen molar-refractivity contribution in [2.75, 3.05) is 19.6 Å². The van der Waals surface area contributed by atoms with Crippen molar-refractivity contribution < 1.29 is 9.59 Å². The highest BCUT2D eigenvalue weighted by Gasteiger charge is 2.26. The van der Waals surface area contributed by atoms with Gasteiger partial charge in [0.15, 0.2) is 0 Å². The number of hydrogen-bond acceptors (Lipinski definition) is 4. The van der Waals surface area contributed by atoms with Crippen molar-refractivity contribution in [3.8, 4) is 0 Å². The summed E-state index contributed by atoms with van der Waals surface area (Å²) in [6.45, 7) is 5.35. The van der Waals surface area contributed by atoms with E-state index in [2.05, 4.69) is 33.9 Å². The molecule has 120 valence electrons. The topological polar surface area (TPSA) is 61.4 Å². The Bertz CT molecular complexity index is 547. The fourth-order valence-electron chi connectivity index (χ4n) is 3.12. The minimum absolute atomic E-state index is 0.0531. The van der Waals surface area contributed by atoms with Crippen LogP contribution in [0.15, 0.2) is 11.4 Å². The maximum absolute atomic E-state index is 12.2. The molecule has 0 aromatic carbocycles. The number of nitrogens with one attached hydrogen (secondary N) is 2. The van der Waals surface area contributed by atoms with Crippen molar-refractivity contribution in [3.63, 3.8) is 0 Å². The first kappa shape index (κ1) is 15.5. The molecule has 2 N–H and O–H groups in total. The minimum atomic E-state index is -0.0743. The van der Waals surface area contributed by atoms with Gasteiger partial charge in [-0.25, -0.2) is 0 Å². The van der Waals surface area contributed by atoms with Gasteiger partial charge in [0, 0.05) is 43.5 Å². The SMILES string of the molecule is C[C@@H](CNC(=O)[C@H]1CCC(=O)NC1)N1CCc2sccc2C1. The molecule has 5 nitrogen and oxygen atoms in total. The molecule has 22 heavy (non-hydrogen) atoms. The molecule has 1 saturated heterocycles. The summed E-state index contributed by atoms with van der Waals surface area (Å²) in [4.78, 5) is 27.2. The van der Waals surface area contributed by atoms with Crippen LogP contribution in [0.25, 0.3) is 0 Å². The van der Waals surface area contributed by atoms with Gasteiger partial charge < -0.3 is 10.6 Å². The van der Waals surface area contributed by atoms with Crippen LogP contribution in [0.4, 0.5) is 0 Å². The predicted molar refractivity (Wildman–Crippen MR) is 86.6 cm³/mol. The fraction of sp³-hybridized carbons (Fsp3) is 0.625. The second-order valence-electron chi connectivity index (χ2n) is 6.22. The molecule has 0 spiro atoms. The minimum Gasteiger partial charge on any atom is -0.355 e. The van der Waals surface area contributed by atoms with Crippen LogP contribution in [-0.2, 0) is 22.6 Å². The van der Waals surface area contributed by atoms with E-state index < -0.39 is 0 Å². The fourth-order valence-corrected chi connectivity index (χ4v) is 4.01. The molecule has 1 fully saturated rings. The van der Waals surface area contributed by atoms with Gasteiger partial charge in [-0.3, -0.25) is 14.5 Å². The summed E-state index contributed by atoms with van der Waals surface area (Å²) < 4.78 is 0. The lowest BCUT2D eigenvalue weighted by molar-refractivity contribution is -0.129. The summed E-state index contributed by atoms with van der Waals surface area (Å²) in [5, 5.41) is 7.98. The lowest BCUT2D eigenvalue weighted by atomic mass is 9.98. The van der Waals surface area contributed by atoms with Gasteiger partial charge >= 0.3 is 0 Å². The first-order valence-electron chi connectivity index (χ1n) is 7.97. The molecular weight excluding hydrogens is 298 g/mol. The summed E-state index contributed by atoms with van der Waals surface area (Å²) >= 11 is 1.85. The van der Waals surface area contributed by atoms with Gasteiger partial charge in [0.1, 0.15) is 0 Å². The standard InChI is InChI=1S/C16H23N3O2S/c1-11(19-6-4-14-13(10-19)5-7-22-14)8-18-16(21)12-2-3-15(20)17-9-12/h5,7,11-12H,2-4,6,8-10H2,1H3,(H,17,20)(H,18,21)/t11-,12-/m0/s1. The summed E-state index contributed by atoms with van der Waals surface area (Å²) in [5.41, 5.74) is 1.43. The van der Waals surface area contributed by atoms with E-state index in [1.54, 1.807) is 0 Å². The second kappa shape index (κ2) is 6.79. The molecule has 1 aromatic rings. The van der Waals surface area contributed by atoms with Crippen LogP contribution in [0.2, 0.25) is 0 Å². The van der Waals surface area contributed by atoms with Gasteiger partial charge in [0.25, 0.3) is 0 Å². The van der Waals surface area contributed by atoms with Crippen molar-refractivity contribution >= 4 is 23.2 Å². The quantitative estimate of drug-likeness (QED) is 0.874. The normalized spacial score (nSPS) is 23.5. The molecule has 0 aliphatic carbocycles. The number of piperidine rings is 1. The lowest BCUT2D eigenvalue weighted by Crippen LogP contribution is -2.48. The average Bonchev–Trinajstić information content (AvgIpc) is 3.00. The molecule has 0 radical (unpaired) electrons. The monoisotopic (exact) mass is 321 g/mol. The highest BCUT2D eigenvalue weighted by Crippen LogP contribution is 2.25. The number of carbonyl (C=O) groups excluding carboxylic acids is 2. The van der Waals surface area contributed by atoms with Crippen LogP contribution in [0.3, 0.4) is 0 Å². The molecule has 2 aliphatic rings. The van der Waals surface area contributed by atoms with Gasteiger partial charge in [0.2, 0.25) is 11.8 Å². The summed E-state index contributed by atoms with van der Waals surface area (Å²) in [6.07, 6.45) is 2.23. The van der Waals surface area contributed by atoms with Crippen LogP contribution in [0, 0.1) is 5.92 Å². The Morgan fingerprint density at radius 2 is 2.41 bits per heavy atom. The van der Waals surface area contributed by atoms with E-state index in [0.717, 1.165) is 19.5 Å². The van der Waals surface area contributed by atoms with Crippen molar-refractivity contribution in [2.24, 2.45) is 5.92 Å². The number of amides is 2. The number of fused-ring (bicyclic) bond motifs is 1. The first-order chi connectivity index (χ1) is 10.6. The van der Waals surface area contributed by atoms with Gasteiger partial charge in [-0.15, -0.1) is 11.3 Å². The van der Waals surface area contributed by atoms with Crippen molar-refractivity contribution in [2.45, 2.75) is 38.8 Å². The number of carbonyl (C=O) groups is 2. The first-order valence-corrected chi connectivity index (χ1v) is 8.85. The zero-order valence-electron chi connectivity index (χ0n) is 12.9. The van der Waals surface area contributed by atoms with Gasteiger partial charge in [0.05, 0.1) is 5.92 Å². The van der Waals surface area contributed by atoms with Crippen LogP contribution in [0.5, 0.6) is 0 Å². The van der Waals surface area contributed by atoms with Gasteiger partial charge in [-0.05, 0) is 36.8 Å². The zero-order valence-corrected chi connectivity index (χ0v) is 13.7. The number of nitrogens with zero attached hydrogens (tertiary/aromatic N) is 1. The third kappa shape index (κ3) is 3.50. The summed E-state index contributed by atoms with van der Waals surface area (Å²) in [5.74, 6) is 0.0483. The zero-order chi connectivity index (χ0) is 15.5. The Morgan fingerprint density at radius 1 is 1.55 bits per heavy atom. The van der Waals surface area contributed by atoms with E-state index in [-0.39, 0.29) is 17.7 Å². The maximum Gasteiger partial charge on any atom is 0.224 e. The van der Waals surface area contributed by atoms with E-state index in [0.29, 0.717) is 32.0 Å². The predicted octanol–water partition coefficient (Wildman–Crippen LogP) is 1.14. The van der Waals surface area contributed by atoms with Crippen LogP contribution < -0.4 is 10.6 Å². The van der Waals surface area contributed by atoms with E-state index >= 15 is 0 Å². The lowest BCUT2D eigenvalue weighted by Gasteiger charge is -2.33. The summed E-state index contributed by atoms with van der Waals surface area (Å²) in [6, 6.07) is 2.54. The number of thiophene rings is 1. The number of rotatable bonds is 4. The molecule has 2 aliphatic heterocycles. The Hall–Kier alpha value is -1.40. The molecule has 0 bridgehead atoms.